The standard InChI is InChI=1S/C22H25N5O/c1-26-16-20(14-24-26)18-3-2-4-19(13-18)22(28)25-21-7-11-27(12-8-21)15-17-5-9-23-10-6-17/h2-6,9-10,13-14,16,21H,7-8,11-12,15H2,1H3,(H,25,28). The lowest BCUT2D eigenvalue weighted by Gasteiger charge is -2.32. The van der Waals surface area contributed by atoms with E-state index in [4.69, 9.17) is 0 Å². The zero-order valence-corrected chi connectivity index (χ0v) is 16.1. The summed E-state index contributed by atoms with van der Waals surface area (Å²) < 4.78 is 1.77. The molecule has 1 amide bonds. The number of hydrogen-bond acceptors (Lipinski definition) is 4. The van der Waals surface area contributed by atoms with Crippen molar-refractivity contribution in [2.45, 2.75) is 25.4 Å². The van der Waals surface area contributed by atoms with Crippen LogP contribution in [-0.2, 0) is 13.6 Å². The topological polar surface area (TPSA) is 63.1 Å². The molecule has 28 heavy (non-hydrogen) atoms. The lowest BCUT2D eigenvalue weighted by Crippen LogP contribution is -2.44. The van der Waals surface area contributed by atoms with Crippen LogP contribution in [0.2, 0.25) is 0 Å². The lowest BCUT2D eigenvalue weighted by atomic mass is 10.0. The molecule has 0 aliphatic carbocycles. The molecule has 1 aliphatic rings. The molecule has 1 aliphatic heterocycles. The van der Waals surface area contributed by atoms with Crippen molar-refractivity contribution in [3.05, 3.63) is 72.3 Å². The van der Waals surface area contributed by atoms with E-state index in [1.165, 1.54) is 5.56 Å². The molecule has 6 nitrogen and oxygen atoms in total. The van der Waals surface area contributed by atoms with Gasteiger partial charge in [0.05, 0.1) is 6.20 Å². The second-order valence-corrected chi connectivity index (χ2v) is 7.36. The summed E-state index contributed by atoms with van der Waals surface area (Å²) >= 11 is 0. The summed E-state index contributed by atoms with van der Waals surface area (Å²) in [4.78, 5) is 19.2. The highest BCUT2D eigenvalue weighted by molar-refractivity contribution is 5.95. The van der Waals surface area contributed by atoms with Crippen LogP contribution in [0.3, 0.4) is 0 Å². The van der Waals surface area contributed by atoms with Gasteiger partial charge in [-0.2, -0.15) is 5.10 Å². The number of aromatic nitrogens is 3. The maximum absolute atomic E-state index is 12.7. The molecule has 1 fully saturated rings. The monoisotopic (exact) mass is 375 g/mol. The van der Waals surface area contributed by atoms with Gasteiger partial charge in [0.25, 0.3) is 5.91 Å². The largest absolute Gasteiger partial charge is 0.349 e. The predicted molar refractivity (Wildman–Crippen MR) is 109 cm³/mol. The van der Waals surface area contributed by atoms with Crippen molar-refractivity contribution in [2.75, 3.05) is 13.1 Å². The van der Waals surface area contributed by atoms with Crippen molar-refractivity contribution >= 4 is 5.91 Å². The quantitative estimate of drug-likeness (QED) is 0.745. The second-order valence-electron chi connectivity index (χ2n) is 7.36. The molecule has 0 spiro atoms. The van der Waals surface area contributed by atoms with Gasteiger partial charge >= 0.3 is 0 Å². The van der Waals surface area contributed by atoms with Gasteiger partial charge in [-0.25, -0.2) is 0 Å². The summed E-state index contributed by atoms with van der Waals surface area (Å²) in [7, 11) is 1.89. The molecule has 2 aromatic heterocycles. The molecule has 0 atom stereocenters. The van der Waals surface area contributed by atoms with E-state index >= 15 is 0 Å². The zero-order chi connectivity index (χ0) is 19.3. The van der Waals surface area contributed by atoms with E-state index in [-0.39, 0.29) is 11.9 Å². The number of aryl methyl sites for hydroxylation is 1. The Morgan fingerprint density at radius 3 is 2.64 bits per heavy atom. The van der Waals surface area contributed by atoms with Gasteiger partial charge in [0.2, 0.25) is 0 Å². The van der Waals surface area contributed by atoms with Crippen molar-refractivity contribution < 1.29 is 4.79 Å². The van der Waals surface area contributed by atoms with Gasteiger partial charge in [0, 0.05) is 62.4 Å². The van der Waals surface area contributed by atoms with Crippen LogP contribution < -0.4 is 5.32 Å². The molecule has 3 heterocycles. The first-order valence-electron chi connectivity index (χ1n) is 9.68. The Labute approximate surface area is 165 Å². The number of likely N-dealkylation sites (tertiary alicyclic amines) is 1. The number of nitrogens with zero attached hydrogens (tertiary/aromatic N) is 4. The number of carbonyl (C=O) groups is 1. The van der Waals surface area contributed by atoms with Gasteiger partial charge in [0.1, 0.15) is 0 Å². The molecule has 1 aromatic carbocycles. The Bertz CT molecular complexity index is 929. The first-order valence-corrected chi connectivity index (χ1v) is 9.68. The number of piperidine rings is 1. The minimum Gasteiger partial charge on any atom is -0.349 e. The highest BCUT2D eigenvalue weighted by atomic mass is 16.1. The third-order valence-electron chi connectivity index (χ3n) is 5.24. The van der Waals surface area contributed by atoms with Crippen molar-refractivity contribution in [3.8, 4) is 11.1 Å². The average molecular weight is 375 g/mol. The van der Waals surface area contributed by atoms with E-state index in [2.05, 4.69) is 32.4 Å². The molecule has 0 saturated carbocycles. The zero-order valence-electron chi connectivity index (χ0n) is 16.1. The third-order valence-corrected chi connectivity index (χ3v) is 5.24. The van der Waals surface area contributed by atoms with Crippen LogP contribution >= 0.6 is 0 Å². The van der Waals surface area contributed by atoms with E-state index in [9.17, 15) is 4.79 Å². The number of rotatable bonds is 5. The summed E-state index contributed by atoms with van der Waals surface area (Å²) in [5.41, 5.74) is 4.00. The number of amides is 1. The molecule has 0 bridgehead atoms. The van der Waals surface area contributed by atoms with Gasteiger partial charge in [-0.1, -0.05) is 12.1 Å². The molecule has 0 radical (unpaired) electrons. The van der Waals surface area contributed by atoms with Crippen LogP contribution in [0.4, 0.5) is 0 Å². The Hall–Kier alpha value is -2.99. The Morgan fingerprint density at radius 2 is 1.93 bits per heavy atom. The molecule has 6 heteroatoms. The van der Waals surface area contributed by atoms with Crippen LogP contribution in [0.15, 0.2) is 61.2 Å². The van der Waals surface area contributed by atoms with Crippen molar-refractivity contribution in [1.82, 2.24) is 25.0 Å². The summed E-state index contributed by atoms with van der Waals surface area (Å²) in [6.45, 7) is 2.92. The van der Waals surface area contributed by atoms with Crippen LogP contribution in [-0.4, -0.2) is 44.7 Å². The fourth-order valence-corrected chi connectivity index (χ4v) is 3.66. The maximum atomic E-state index is 12.7. The second kappa shape index (κ2) is 8.35. The van der Waals surface area contributed by atoms with E-state index in [1.54, 1.807) is 4.68 Å². The fraction of sp³-hybridized carbons (Fsp3) is 0.318. The highest BCUT2D eigenvalue weighted by Crippen LogP contribution is 2.20. The highest BCUT2D eigenvalue weighted by Gasteiger charge is 2.21. The van der Waals surface area contributed by atoms with Crippen molar-refractivity contribution in [2.24, 2.45) is 7.05 Å². The van der Waals surface area contributed by atoms with Crippen molar-refractivity contribution in [3.63, 3.8) is 0 Å². The normalized spacial score (nSPS) is 15.5. The predicted octanol–water partition coefficient (Wildman–Crippen LogP) is 2.88. The van der Waals surface area contributed by atoms with Crippen LogP contribution in [0.5, 0.6) is 0 Å². The van der Waals surface area contributed by atoms with Gasteiger partial charge in [-0.05, 0) is 48.2 Å². The van der Waals surface area contributed by atoms with E-state index in [0.29, 0.717) is 5.56 Å². The maximum Gasteiger partial charge on any atom is 0.251 e. The summed E-state index contributed by atoms with van der Waals surface area (Å²) in [5.74, 6) is -0.00155. The molecule has 1 N–H and O–H groups in total. The van der Waals surface area contributed by atoms with Crippen LogP contribution in [0.1, 0.15) is 28.8 Å². The van der Waals surface area contributed by atoms with E-state index < -0.39 is 0 Å². The minimum absolute atomic E-state index is 0.00155. The molecule has 0 unspecified atom stereocenters. The lowest BCUT2D eigenvalue weighted by molar-refractivity contribution is 0.0909. The number of benzene rings is 1. The number of nitrogens with one attached hydrogen (secondary N) is 1. The molecule has 4 rings (SSSR count). The first-order chi connectivity index (χ1) is 13.7. The first kappa shape index (κ1) is 18.4. The van der Waals surface area contributed by atoms with Gasteiger partial charge < -0.3 is 5.32 Å². The fourth-order valence-electron chi connectivity index (χ4n) is 3.66. The van der Waals surface area contributed by atoms with Gasteiger partial charge in [-0.15, -0.1) is 0 Å². The number of pyridine rings is 1. The summed E-state index contributed by atoms with van der Waals surface area (Å²) in [6, 6.07) is 12.1. The van der Waals surface area contributed by atoms with E-state index in [1.807, 2.05) is 56.1 Å². The van der Waals surface area contributed by atoms with Crippen LogP contribution in [0, 0.1) is 0 Å². The van der Waals surface area contributed by atoms with E-state index in [0.717, 1.165) is 43.6 Å². The SMILES string of the molecule is Cn1cc(-c2cccc(C(=O)NC3CCN(Cc4ccncc4)CC3)c2)cn1. The Morgan fingerprint density at radius 1 is 1.14 bits per heavy atom. The molecular formula is C22H25N5O. The molecule has 144 valence electrons. The van der Waals surface area contributed by atoms with Crippen molar-refractivity contribution in [1.29, 1.82) is 0 Å². The van der Waals surface area contributed by atoms with Gasteiger partial charge in [0.15, 0.2) is 0 Å². The summed E-state index contributed by atoms with van der Waals surface area (Å²) in [6.07, 6.45) is 9.38. The van der Waals surface area contributed by atoms with Gasteiger partial charge in [-0.3, -0.25) is 19.4 Å². The average Bonchev–Trinajstić information content (AvgIpc) is 3.17. The molecule has 3 aromatic rings. The number of hydrogen-bond donors (Lipinski definition) is 1. The third kappa shape index (κ3) is 4.46. The number of carbonyl (C=O) groups excluding carboxylic acids is 1. The molecule has 1 saturated heterocycles. The Kier molecular flexibility index (Phi) is 5.48. The minimum atomic E-state index is -0.00155. The molecular weight excluding hydrogens is 350 g/mol. The smallest absolute Gasteiger partial charge is 0.251 e. The Balaban J connectivity index is 1.32. The summed E-state index contributed by atoms with van der Waals surface area (Å²) in [5, 5.41) is 7.41. The van der Waals surface area contributed by atoms with Crippen LogP contribution in [0.25, 0.3) is 11.1 Å².